The van der Waals surface area contributed by atoms with E-state index in [-0.39, 0.29) is 11.7 Å². The topological polar surface area (TPSA) is 40.5 Å². The molecule has 96 valence electrons. The molecule has 17 heavy (non-hydrogen) atoms. The van der Waals surface area contributed by atoms with Crippen LogP contribution in [0.3, 0.4) is 0 Å². The monoisotopic (exact) mass is 240 g/mol. The third-order valence-corrected chi connectivity index (χ3v) is 3.06. The maximum Gasteiger partial charge on any atom is 0.123 e. The van der Waals surface area contributed by atoms with E-state index < -0.39 is 12.2 Å². The van der Waals surface area contributed by atoms with Crippen molar-refractivity contribution in [3.63, 3.8) is 0 Å². The first-order valence-electron chi connectivity index (χ1n) is 6.16. The second-order valence-electron chi connectivity index (χ2n) is 4.61. The van der Waals surface area contributed by atoms with Gasteiger partial charge in [0.25, 0.3) is 0 Å². The minimum absolute atomic E-state index is 0.108. The van der Waals surface area contributed by atoms with E-state index in [1.807, 2.05) is 13.8 Å². The molecule has 0 amide bonds. The quantitative estimate of drug-likeness (QED) is 0.802. The summed E-state index contributed by atoms with van der Waals surface area (Å²) in [5.41, 5.74) is 0.981. The van der Waals surface area contributed by atoms with Gasteiger partial charge in [0.15, 0.2) is 0 Å². The van der Waals surface area contributed by atoms with E-state index in [0.717, 1.165) is 12.0 Å². The van der Waals surface area contributed by atoms with Crippen molar-refractivity contribution in [1.82, 2.24) is 0 Å². The van der Waals surface area contributed by atoms with Gasteiger partial charge < -0.3 is 10.2 Å². The van der Waals surface area contributed by atoms with Gasteiger partial charge in [-0.05, 0) is 36.5 Å². The summed E-state index contributed by atoms with van der Waals surface area (Å²) in [6.07, 6.45) is 0.575. The van der Waals surface area contributed by atoms with Crippen molar-refractivity contribution in [2.24, 2.45) is 0 Å². The highest BCUT2D eigenvalue weighted by Gasteiger charge is 2.19. The molecular formula is C14H21FO2. The number of benzene rings is 1. The summed E-state index contributed by atoms with van der Waals surface area (Å²) in [5.74, 6) is -0.148. The molecule has 2 N–H and O–H groups in total. The molecule has 0 aliphatic rings. The van der Waals surface area contributed by atoms with E-state index in [1.54, 1.807) is 12.1 Å². The van der Waals surface area contributed by atoms with Crippen molar-refractivity contribution >= 4 is 0 Å². The van der Waals surface area contributed by atoms with Crippen molar-refractivity contribution in [1.29, 1.82) is 0 Å². The molecule has 0 heterocycles. The minimum atomic E-state index is -0.713. The Hall–Kier alpha value is -0.930. The molecule has 0 aromatic heterocycles. The maximum absolute atomic E-state index is 12.8. The molecule has 0 spiro atoms. The third-order valence-electron chi connectivity index (χ3n) is 3.06. The minimum Gasteiger partial charge on any atom is -0.390 e. The lowest BCUT2D eigenvalue weighted by Crippen LogP contribution is -2.27. The number of halogens is 1. The number of rotatable bonds is 6. The molecule has 0 aliphatic heterocycles. The highest BCUT2D eigenvalue weighted by Crippen LogP contribution is 2.22. The van der Waals surface area contributed by atoms with Crippen LogP contribution in [0.5, 0.6) is 0 Å². The molecule has 0 bridgehead atoms. The lowest BCUT2D eigenvalue weighted by atomic mass is 9.92. The number of hydrogen-bond acceptors (Lipinski definition) is 2. The normalized spacial score (nSPS) is 16.5. The molecule has 1 rings (SSSR count). The Balaban J connectivity index is 2.53. The largest absolute Gasteiger partial charge is 0.390 e. The van der Waals surface area contributed by atoms with Gasteiger partial charge in [0.1, 0.15) is 5.82 Å². The highest BCUT2D eigenvalue weighted by molar-refractivity contribution is 5.19. The van der Waals surface area contributed by atoms with Crippen LogP contribution < -0.4 is 0 Å². The molecule has 0 aliphatic carbocycles. The van der Waals surface area contributed by atoms with Crippen molar-refractivity contribution in [3.8, 4) is 0 Å². The van der Waals surface area contributed by atoms with Crippen LogP contribution in [0.2, 0.25) is 0 Å². The summed E-state index contributed by atoms with van der Waals surface area (Å²) in [7, 11) is 0. The SMILES string of the molecule is CCCC(O)C(O)CC(C)c1ccc(F)cc1. The third kappa shape index (κ3) is 4.44. The van der Waals surface area contributed by atoms with Crippen molar-refractivity contribution in [2.75, 3.05) is 0 Å². The molecular weight excluding hydrogens is 219 g/mol. The Morgan fingerprint density at radius 1 is 1.12 bits per heavy atom. The van der Waals surface area contributed by atoms with E-state index in [9.17, 15) is 14.6 Å². The summed E-state index contributed by atoms with van der Waals surface area (Å²) < 4.78 is 12.8. The van der Waals surface area contributed by atoms with Gasteiger partial charge in [0, 0.05) is 0 Å². The van der Waals surface area contributed by atoms with Crippen LogP contribution in [0.15, 0.2) is 24.3 Å². The molecule has 2 nitrogen and oxygen atoms in total. The predicted octanol–water partition coefficient (Wildman–Crippen LogP) is 2.84. The highest BCUT2D eigenvalue weighted by atomic mass is 19.1. The van der Waals surface area contributed by atoms with Gasteiger partial charge in [-0.15, -0.1) is 0 Å². The zero-order valence-corrected chi connectivity index (χ0v) is 10.4. The van der Waals surface area contributed by atoms with Gasteiger partial charge in [0.05, 0.1) is 12.2 Å². The van der Waals surface area contributed by atoms with Crippen LogP contribution in [-0.4, -0.2) is 22.4 Å². The van der Waals surface area contributed by atoms with Crippen LogP contribution in [0.25, 0.3) is 0 Å². The smallest absolute Gasteiger partial charge is 0.123 e. The van der Waals surface area contributed by atoms with Gasteiger partial charge in [-0.3, -0.25) is 0 Å². The van der Waals surface area contributed by atoms with Crippen LogP contribution >= 0.6 is 0 Å². The van der Waals surface area contributed by atoms with E-state index in [1.165, 1.54) is 12.1 Å². The second kappa shape index (κ2) is 6.72. The molecule has 3 unspecified atom stereocenters. The standard InChI is InChI=1S/C14H21FO2/c1-3-4-13(16)14(17)9-10(2)11-5-7-12(15)8-6-11/h5-8,10,13-14,16-17H,3-4,9H2,1-2H3. The number of aliphatic hydroxyl groups excluding tert-OH is 2. The van der Waals surface area contributed by atoms with Gasteiger partial charge in [-0.2, -0.15) is 0 Å². The Bertz CT molecular complexity index is 323. The summed E-state index contributed by atoms with van der Waals surface area (Å²) in [5, 5.41) is 19.5. The van der Waals surface area contributed by atoms with E-state index in [0.29, 0.717) is 12.8 Å². The Labute approximate surface area is 102 Å². The number of aliphatic hydroxyl groups is 2. The van der Waals surface area contributed by atoms with Crippen LogP contribution in [0, 0.1) is 5.82 Å². The molecule has 3 atom stereocenters. The first-order valence-corrected chi connectivity index (χ1v) is 6.16. The van der Waals surface area contributed by atoms with Crippen LogP contribution in [0.1, 0.15) is 44.6 Å². The van der Waals surface area contributed by atoms with Crippen molar-refractivity contribution in [3.05, 3.63) is 35.6 Å². The van der Waals surface area contributed by atoms with E-state index >= 15 is 0 Å². The molecule has 0 saturated heterocycles. The Kier molecular flexibility index (Phi) is 5.59. The molecule has 0 radical (unpaired) electrons. The molecule has 3 heteroatoms. The Morgan fingerprint density at radius 2 is 1.71 bits per heavy atom. The molecule has 1 aromatic rings. The fourth-order valence-electron chi connectivity index (χ4n) is 1.93. The Morgan fingerprint density at radius 3 is 2.24 bits per heavy atom. The van der Waals surface area contributed by atoms with Gasteiger partial charge in [-0.1, -0.05) is 32.4 Å². The fourth-order valence-corrected chi connectivity index (χ4v) is 1.93. The zero-order chi connectivity index (χ0) is 12.8. The van der Waals surface area contributed by atoms with Crippen molar-refractivity contribution < 1.29 is 14.6 Å². The van der Waals surface area contributed by atoms with Gasteiger partial charge in [0.2, 0.25) is 0 Å². The molecule has 0 saturated carbocycles. The fraction of sp³-hybridized carbons (Fsp3) is 0.571. The average molecular weight is 240 g/mol. The predicted molar refractivity (Wildman–Crippen MR) is 66.4 cm³/mol. The summed E-state index contributed by atoms with van der Waals surface area (Å²) in [6, 6.07) is 6.28. The lowest BCUT2D eigenvalue weighted by Gasteiger charge is -2.21. The van der Waals surface area contributed by atoms with Crippen molar-refractivity contribution in [2.45, 2.75) is 51.2 Å². The van der Waals surface area contributed by atoms with Crippen LogP contribution in [0.4, 0.5) is 4.39 Å². The van der Waals surface area contributed by atoms with E-state index in [2.05, 4.69) is 0 Å². The maximum atomic E-state index is 12.8. The first-order chi connectivity index (χ1) is 8.04. The van der Waals surface area contributed by atoms with Gasteiger partial charge in [-0.25, -0.2) is 4.39 Å². The summed E-state index contributed by atoms with van der Waals surface area (Å²) >= 11 is 0. The zero-order valence-electron chi connectivity index (χ0n) is 10.4. The summed E-state index contributed by atoms with van der Waals surface area (Å²) in [6.45, 7) is 3.94. The second-order valence-corrected chi connectivity index (χ2v) is 4.61. The summed E-state index contributed by atoms with van der Waals surface area (Å²) in [4.78, 5) is 0. The average Bonchev–Trinajstić information content (AvgIpc) is 2.30. The molecule has 0 fully saturated rings. The van der Waals surface area contributed by atoms with E-state index in [4.69, 9.17) is 0 Å². The number of hydrogen-bond donors (Lipinski definition) is 2. The lowest BCUT2D eigenvalue weighted by molar-refractivity contribution is 0.00637. The molecule has 1 aromatic carbocycles. The van der Waals surface area contributed by atoms with Gasteiger partial charge >= 0.3 is 0 Å². The van der Waals surface area contributed by atoms with Crippen LogP contribution in [-0.2, 0) is 0 Å². The first kappa shape index (κ1) is 14.1.